The minimum absolute atomic E-state index is 0.0588. The molecule has 0 unspecified atom stereocenters. The van der Waals surface area contributed by atoms with E-state index in [1.165, 1.54) is 5.56 Å². The Morgan fingerprint density at radius 1 is 1.18 bits per heavy atom. The fraction of sp³-hybridized carbons (Fsp3) is 0.421. The lowest BCUT2D eigenvalue weighted by atomic mass is 9.87. The van der Waals surface area contributed by atoms with Crippen LogP contribution in [0, 0.1) is 5.41 Å². The lowest BCUT2D eigenvalue weighted by Crippen LogP contribution is -2.23. The van der Waals surface area contributed by atoms with Gasteiger partial charge in [-0.25, -0.2) is 0 Å². The Bertz CT molecular complexity index is 724. The van der Waals surface area contributed by atoms with Crippen LogP contribution in [0.15, 0.2) is 30.5 Å². The maximum atomic E-state index is 12.3. The van der Waals surface area contributed by atoms with Gasteiger partial charge in [0.25, 0.3) is 0 Å². The van der Waals surface area contributed by atoms with Crippen LogP contribution in [0.2, 0.25) is 0 Å². The highest BCUT2D eigenvalue weighted by Crippen LogP contribution is 2.26. The standard InChI is InChI=1S/C19H23NO2/c1-12(2)14-8-6-7-13-11-20-16(9-15(13)14)17(21)10-18(22)19(3,4)5/h6-9,11-12H,10H2,1-5H3. The summed E-state index contributed by atoms with van der Waals surface area (Å²) in [5, 5.41) is 2.06. The molecule has 1 aromatic heterocycles. The summed E-state index contributed by atoms with van der Waals surface area (Å²) in [5.41, 5.74) is 1.06. The number of Topliss-reactive ketones (excluding diaryl/α,β-unsaturated/α-hetero) is 2. The third kappa shape index (κ3) is 3.41. The van der Waals surface area contributed by atoms with E-state index in [9.17, 15) is 9.59 Å². The number of rotatable bonds is 4. The molecule has 3 heteroatoms. The molecule has 116 valence electrons. The molecule has 1 heterocycles. The van der Waals surface area contributed by atoms with Crippen LogP contribution in [0.1, 0.15) is 63.0 Å². The number of benzene rings is 1. The van der Waals surface area contributed by atoms with Gasteiger partial charge in [0.05, 0.1) is 6.42 Å². The number of fused-ring (bicyclic) bond motifs is 1. The first-order valence-electron chi connectivity index (χ1n) is 7.65. The first-order chi connectivity index (χ1) is 10.2. The highest BCUT2D eigenvalue weighted by molar-refractivity contribution is 6.09. The molecule has 3 nitrogen and oxygen atoms in total. The number of ketones is 2. The fourth-order valence-electron chi connectivity index (χ4n) is 2.35. The average molecular weight is 297 g/mol. The van der Waals surface area contributed by atoms with Crippen LogP contribution < -0.4 is 0 Å². The second-order valence-corrected chi connectivity index (χ2v) is 7.07. The molecule has 0 N–H and O–H groups in total. The van der Waals surface area contributed by atoms with Crippen LogP contribution >= 0.6 is 0 Å². The predicted octanol–water partition coefficient (Wildman–Crippen LogP) is 4.55. The highest BCUT2D eigenvalue weighted by Gasteiger charge is 2.24. The zero-order chi connectivity index (χ0) is 16.5. The molecular formula is C19H23NO2. The largest absolute Gasteiger partial charge is 0.299 e. The molecule has 0 atom stereocenters. The molecule has 0 saturated heterocycles. The Labute approximate surface area is 131 Å². The summed E-state index contributed by atoms with van der Waals surface area (Å²) in [6, 6.07) is 7.89. The summed E-state index contributed by atoms with van der Waals surface area (Å²) >= 11 is 0. The van der Waals surface area contributed by atoms with Crippen molar-refractivity contribution in [2.45, 2.75) is 47.0 Å². The Morgan fingerprint density at radius 2 is 1.86 bits per heavy atom. The van der Waals surface area contributed by atoms with Gasteiger partial charge in [-0.2, -0.15) is 0 Å². The van der Waals surface area contributed by atoms with Gasteiger partial charge in [0.15, 0.2) is 5.78 Å². The van der Waals surface area contributed by atoms with Crippen LogP contribution in [0.4, 0.5) is 0 Å². The summed E-state index contributed by atoms with van der Waals surface area (Å²) in [5.74, 6) is 0.0992. The molecule has 2 rings (SSSR count). The van der Waals surface area contributed by atoms with Crippen LogP contribution in [0.25, 0.3) is 10.8 Å². The lowest BCUT2D eigenvalue weighted by Gasteiger charge is -2.16. The Balaban J connectivity index is 2.39. The molecule has 0 aliphatic carbocycles. The van der Waals surface area contributed by atoms with Gasteiger partial charge in [0, 0.05) is 17.0 Å². The number of carbonyl (C=O) groups excluding carboxylic acids is 2. The maximum absolute atomic E-state index is 12.3. The highest BCUT2D eigenvalue weighted by atomic mass is 16.1. The van der Waals surface area contributed by atoms with E-state index in [1.54, 1.807) is 6.20 Å². The molecule has 0 bridgehead atoms. The summed E-state index contributed by atoms with van der Waals surface area (Å²) in [7, 11) is 0. The normalized spacial score (nSPS) is 11.9. The minimum atomic E-state index is -0.504. The van der Waals surface area contributed by atoms with Gasteiger partial charge in [-0.3, -0.25) is 14.6 Å². The third-order valence-electron chi connectivity index (χ3n) is 3.86. The predicted molar refractivity (Wildman–Crippen MR) is 89.2 cm³/mol. The topological polar surface area (TPSA) is 47.0 Å². The number of pyridine rings is 1. The van der Waals surface area contributed by atoms with Crippen molar-refractivity contribution in [3.05, 3.63) is 41.7 Å². The summed E-state index contributed by atoms with van der Waals surface area (Å²) < 4.78 is 0. The van der Waals surface area contributed by atoms with Gasteiger partial charge in [-0.15, -0.1) is 0 Å². The van der Waals surface area contributed by atoms with Crippen molar-refractivity contribution in [3.63, 3.8) is 0 Å². The first-order valence-corrected chi connectivity index (χ1v) is 7.65. The zero-order valence-corrected chi connectivity index (χ0v) is 13.9. The van der Waals surface area contributed by atoms with Crippen molar-refractivity contribution in [2.24, 2.45) is 5.41 Å². The first kappa shape index (κ1) is 16.3. The van der Waals surface area contributed by atoms with E-state index in [4.69, 9.17) is 0 Å². The summed E-state index contributed by atoms with van der Waals surface area (Å²) in [6.07, 6.45) is 1.63. The van der Waals surface area contributed by atoms with E-state index in [0.29, 0.717) is 11.6 Å². The minimum Gasteiger partial charge on any atom is -0.299 e. The SMILES string of the molecule is CC(C)c1cccc2cnc(C(=O)CC(=O)C(C)(C)C)cc12. The lowest BCUT2D eigenvalue weighted by molar-refractivity contribution is -0.125. The molecule has 22 heavy (non-hydrogen) atoms. The number of carbonyl (C=O) groups is 2. The molecule has 0 fully saturated rings. The Morgan fingerprint density at radius 3 is 2.45 bits per heavy atom. The van der Waals surface area contributed by atoms with Crippen molar-refractivity contribution >= 4 is 22.3 Å². The van der Waals surface area contributed by atoms with E-state index in [2.05, 4.69) is 24.9 Å². The van der Waals surface area contributed by atoms with Crippen molar-refractivity contribution in [2.75, 3.05) is 0 Å². The van der Waals surface area contributed by atoms with Crippen LogP contribution in [0.5, 0.6) is 0 Å². The van der Waals surface area contributed by atoms with Gasteiger partial charge in [0.2, 0.25) is 0 Å². The number of hydrogen-bond acceptors (Lipinski definition) is 3. The molecule has 1 aromatic carbocycles. The van der Waals surface area contributed by atoms with E-state index < -0.39 is 5.41 Å². The Kier molecular flexibility index (Phi) is 4.45. The number of aromatic nitrogens is 1. The monoisotopic (exact) mass is 297 g/mol. The maximum Gasteiger partial charge on any atom is 0.188 e. The molecule has 0 radical (unpaired) electrons. The van der Waals surface area contributed by atoms with Gasteiger partial charge in [-0.1, -0.05) is 52.8 Å². The average Bonchev–Trinajstić information content (AvgIpc) is 2.44. The number of hydrogen-bond donors (Lipinski definition) is 0. The Hall–Kier alpha value is -2.03. The molecule has 0 amide bonds. The molecule has 0 aliphatic rings. The second kappa shape index (κ2) is 5.99. The molecule has 0 aliphatic heterocycles. The van der Waals surface area contributed by atoms with Gasteiger partial charge >= 0.3 is 0 Å². The van der Waals surface area contributed by atoms with Crippen molar-refractivity contribution in [1.29, 1.82) is 0 Å². The summed E-state index contributed by atoms with van der Waals surface area (Å²) in [6.45, 7) is 9.73. The molecular weight excluding hydrogens is 274 g/mol. The fourth-order valence-corrected chi connectivity index (χ4v) is 2.35. The van der Waals surface area contributed by atoms with Crippen LogP contribution in [-0.4, -0.2) is 16.6 Å². The molecule has 0 saturated carbocycles. The smallest absolute Gasteiger partial charge is 0.188 e. The van der Waals surface area contributed by atoms with Crippen LogP contribution in [0.3, 0.4) is 0 Å². The van der Waals surface area contributed by atoms with Crippen molar-refractivity contribution in [1.82, 2.24) is 4.98 Å². The van der Waals surface area contributed by atoms with E-state index >= 15 is 0 Å². The van der Waals surface area contributed by atoms with E-state index in [-0.39, 0.29) is 18.0 Å². The van der Waals surface area contributed by atoms with Gasteiger partial charge < -0.3 is 0 Å². The van der Waals surface area contributed by atoms with Crippen molar-refractivity contribution < 1.29 is 9.59 Å². The van der Waals surface area contributed by atoms with Crippen LogP contribution in [-0.2, 0) is 4.79 Å². The second-order valence-electron chi connectivity index (χ2n) is 7.07. The summed E-state index contributed by atoms with van der Waals surface area (Å²) in [4.78, 5) is 28.6. The number of nitrogens with zero attached hydrogens (tertiary/aromatic N) is 1. The molecule has 0 spiro atoms. The quantitative estimate of drug-likeness (QED) is 0.614. The van der Waals surface area contributed by atoms with Crippen molar-refractivity contribution in [3.8, 4) is 0 Å². The zero-order valence-electron chi connectivity index (χ0n) is 13.9. The molecule has 2 aromatic rings. The van der Waals surface area contributed by atoms with Gasteiger partial charge in [-0.05, 0) is 22.9 Å². The van der Waals surface area contributed by atoms with E-state index in [0.717, 1.165) is 10.8 Å². The van der Waals surface area contributed by atoms with E-state index in [1.807, 2.05) is 39.0 Å². The van der Waals surface area contributed by atoms with Gasteiger partial charge in [0.1, 0.15) is 11.5 Å². The third-order valence-corrected chi connectivity index (χ3v) is 3.86.